The Morgan fingerprint density at radius 3 is 2.66 bits per heavy atom. The van der Waals surface area contributed by atoms with Crippen molar-refractivity contribution in [3.05, 3.63) is 59.7 Å². The van der Waals surface area contributed by atoms with Crippen LogP contribution in [0, 0.1) is 5.92 Å². The van der Waals surface area contributed by atoms with Crippen molar-refractivity contribution in [2.75, 3.05) is 33.4 Å². The van der Waals surface area contributed by atoms with Crippen molar-refractivity contribution in [3.63, 3.8) is 0 Å². The maximum atomic E-state index is 12.8. The average molecular weight is 398 g/mol. The van der Waals surface area contributed by atoms with Gasteiger partial charge in [0.2, 0.25) is 0 Å². The van der Waals surface area contributed by atoms with Gasteiger partial charge in [0.05, 0.1) is 20.3 Å². The van der Waals surface area contributed by atoms with E-state index in [1.165, 1.54) is 7.11 Å². The first-order chi connectivity index (χ1) is 14.1. The van der Waals surface area contributed by atoms with Crippen molar-refractivity contribution >= 4 is 11.8 Å². The highest BCUT2D eigenvalue weighted by molar-refractivity contribution is 5.95. The third kappa shape index (κ3) is 5.71. The van der Waals surface area contributed by atoms with Crippen molar-refractivity contribution in [1.82, 2.24) is 4.90 Å². The minimum Gasteiger partial charge on any atom is -0.493 e. The minimum absolute atomic E-state index is 0.0599. The van der Waals surface area contributed by atoms with Crippen LogP contribution in [0.5, 0.6) is 11.5 Å². The topological polar surface area (TPSA) is 91.1 Å². The Labute approximate surface area is 170 Å². The Hall–Kier alpha value is -3.06. The van der Waals surface area contributed by atoms with Gasteiger partial charge in [-0.15, -0.1) is 0 Å². The van der Waals surface area contributed by atoms with Crippen LogP contribution >= 0.6 is 0 Å². The molecule has 0 aromatic heterocycles. The van der Waals surface area contributed by atoms with Gasteiger partial charge in [0.15, 0.2) is 18.1 Å². The molecule has 2 N–H and O–H groups in total. The van der Waals surface area contributed by atoms with E-state index < -0.39 is 5.91 Å². The van der Waals surface area contributed by atoms with Crippen molar-refractivity contribution in [2.45, 2.75) is 13.0 Å². The second-order valence-electron chi connectivity index (χ2n) is 7.03. The molecular formula is C22H26N2O5. The van der Waals surface area contributed by atoms with Crippen LogP contribution in [-0.4, -0.2) is 50.1 Å². The summed E-state index contributed by atoms with van der Waals surface area (Å²) in [4.78, 5) is 25.6. The highest BCUT2D eigenvalue weighted by Crippen LogP contribution is 2.29. The van der Waals surface area contributed by atoms with E-state index in [4.69, 9.17) is 19.9 Å². The average Bonchev–Trinajstić information content (AvgIpc) is 3.21. The predicted octanol–water partition coefficient (Wildman–Crippen LogP) is 2.24. The molecule has 154 valence electrons. The molecule has 0 bridgehead atoms. The lowest BCUT2D eigenvalue weighted by Crippen LogP contribution is -2.29. The summed E-state index contributed by atoms with van der Waals surface area (Å²) in [6.45, 7) is 2.31. The molecule has 1 unspecified atom stereocenters. The molecule has 3 rings (SSSR count). The van der Waals surface area contributed by atoms with Crippen LogP contribution in [0.2, 0.25) is 0 Å². The van der Waals surface area contributed by atoms with Crippen molar-refractivity contribution in [1.29, 1.82) is 0 Å². The number of rotatable bonds is 9. The van der Waals surface area contributed by atoms with E-state index >= 15 is 0 Å². The van der Waals surface area contributed by atoms with E-state index in [1.807, 2.05) is 35.2 Å². The molecular weight excluding hydrogens is 372 g/mol. The fourth-order valence-corrected chi connectivity index (χ4v) is 3.32. The maximum Gasteiger partial charge on any atom is 0.255 e. The van der Waals surface area contributed by atoms with Crippen LogP contribution in [-0.2, 0) is 16.1 Å². The maximum absolute atomic E-state index is 12.8. The van der Waals surface area contributed by atoms with Gasteiger partial charge in [0.1, 0.15) is 0 Å². The van der Waals surface area contributed by atoms with Gasteiger partial charge in [-0.3, -0.25) is 9.59 Å². The predicted molar refractivity (Wildman–Crippen MR) is 108 cm³/mol. The minimum atomic E-state index is -0.579. The molecule has 1 heterocycles. The summed E-state index contributed by atoms with van der Waals surface area (Å²) >= 11 is 0. The number of likely N-dealkylation sites (tertiary alicyclic amines) is 1. The molecule has 1 aliphatic rings. The first kappa shape index (κ1) is 20.7. The van der Waals surface area contributed by atoms with Crippen LogP contribution in [0.3, 0.4) is 0 Å². The summed E-state index contributed by atoms with van der Waals surface area (Å²) in [5.74, 6) is 0.443. The van der Waals surface area contributed by atoms with E-state index in [0.717, 1.165) is 12.0 Å². The summed E-state index contributed by atoms with van der Waals surface area (Å²) in [6, 6.07) is 14.9. The third-order valence-corrected chi connectivity index (χ3v) is 4.82. The van der Waals surface area contributed by atoms with Gasteiger partial charge in [-0.1, -0.05) is 30.3 Å². The number of ether oxygens (including phenoxy) is 3. The van der Waals surface area contributed by atoms with Gasteiger partial charge in [-0.2, -0.15) is 0 Å². The summed E-state index contributed by atoms with van der Waals surface area (Å²) in [6.07, 6.45) is 0.914. The van der Waals surface area contributed by atoms with Gasteiger partial charge in [0, 0.05) is 24.6 Å². The molecule has 0 spiro atoms. The molecule has 1 saturated heterocycles. The van der Waals surface area contributed by atoms with E-state index in [9.17, 15) is 9.59 Å². The monoisotopic (exact) mass is 398 g/mol. The number of carbonyl (C=O) groups excluding carboxylic acids is 2. The first-order valence-electron chi connectivity index (χ1n) is 9.57. The normalized spacial score (nSPS) is 15.9. The molecule has 29 heavy (non-hydrogen) atoms. The molecule has 0 radical (unpaired) electrons. The molecule has 7 heteroatoms. The lowest BCUT2D eigenvalue weighted by atomic mass is 10.1. The fraction of sp³-hybridized carbons (Fsp3) is 0.364. The number of nitrogens with two attached hydrogens (primary N) is 1. The molecule has 1 aliphatic heterocycles. The third-order valence-electron chi connectivity index (χ3n) is 4.82. The summed E-state index contributed by atoms with van der Waals surface area (Å²) in [5.41, 5.74) is 6.75. The van der Waals surface area contributed by atoms with Gasteiger partial charge in [-0.25, -0.2) is 0 Å². The second kappa shape index (κ2) is 9.93. The van der Waals surface area contributed by atoms with E-state index in [1.54, 1.807) is 18.2 Å². The van der Waals surface area contributed by atoms with Crippen molar-refractivity contribution < 1.29 is 23.8 Å². The quantitative estimate of drug-likeness (QED) is 0.700. The number of benzene rings is 2. The van der Waals surface area contributed by atoms with E-state index in [0.29, 0.717) is 49.3 Å². The summed E-state index contributed by atoms with van der Waals surface area (Å²) in [5, 5.41) is 0. The molecule has 1 fully saturated rings. The highest BCUT2D eigenvalue weighted by Gasteiger charge is 2.27. The molecule has 2 amide bonds. The lowest BCUT2D eigenvalue weighted by molar-refractivity contribution is -0.119. The number of hydrogen-bond donors (Lipinski definition) is 1. The summed E-state index contributed by atoms with van der Waals surface area (Å²) in [7, 11) is 1.48. The number of amides is 2. The molecule has 0 saturated carbocycles. The Morgan fingerprint density at radius 1 is 1.14 bits per heavy atom. The number of primary amides is 1. The Balaban J connectivity index is 1.53. The van der Waals surface area contributed by atoms with Gasteiger partial charge < -0.3 is 24.8 Å². The summed E-state index contributed by atoms with van der Waals surface area (Å²) < 4.78 is 16.4. The molecule has 7 nitrogen and oxygen atoms in total. The van der Waals surface area contributed by atoms with Crippen LogP contribution in [0.15, 0.2) is 48.5 Å². The number of hydrogen-bond acceptors (Lipinski definition) is 5. The lowest BCUT2D eigenvalue weighted by Gasteiger charge is -2.18. The van der Waals surface area contributed by atoms with Gasteiger partial charge >= 0.3 is 0 Å². The zero-order valence-electron chi connectivity index (χ0n) is 16.5. The van der Waals surface area contributed by atoms with Crippen molar-refractivity contribution in [2.24, 2.45) is 11.7 Å². The van der Waals surface area contributed by atoms with Gasteiger partial charge in [0.25, 0.3) is 11.8 Å². The molecule has 2 aromatic rings. The number of methoxy groups -OCH3 is 1. The Kier molecular flexibility index (Phi) is 7.08. The first-order valence-corrected chi connectivity index (χ1v) is 9.57. The van der Waals surface area contributed by atoms with Crippen LogP contribution in [0.25, 0.3) is 0 Å². The van der Waals surface area contributed by atoms with Gasteiger partial charge in [-0.05, 0) is 30.2 Å². The Bertz CT molecular complexity index is 840. The number of nitrogens with zero attached hydrogens (tertiary/aromatic N) is 1. The molecule has 1 atom stereocenters. The number of carbonyl (C=O) groups is 2. The Morgan fingerprint density at radius 2 is 1.93 bits per heavy atom. The zero-order chi connectivity index (χ0) is 20.6. The van der Waals surface area contributed by atoms with E-state index in [2.05, 4.69) is 0 Å². The van der Waals surface area contributed by atoms with Crippen molar-refractivity contribution in [3.8, 4) is 11.5 Å². The SMILES string of the molecule is COc1cc(C(=O)N2CCC(COCc3ccccc3)C2)ccc1OCC(N)=O. The molecule has 2 aromatic carbocycles. The molecule has 0 aliphatic carbocycles. The second-order valence-corrected chi connectivity index (χ2v) is 7.03. The van der Waals surface area contributed by atoms with Crippen LogP contribution < -0.4 is 15.2 Å². The van der Waals surface area contributed by atoms with E-state index in [-0.39, 0.29) is 12.5 Å². The zero-order valence-corrected chi connectivity index (χ0v) is 16.5. The van der Waals surface area contributed by atoms with Crippen LogP contribution in [0.1, 0.15) is 22.3 Å². The fourth-order valence-electron chi connectivity index (χ4n) is 3.32. The smallest absolute Gasteiger partial charge is 0.255 e. The standard InChI is InChI=1S/C22H26N2O5/c1-27-20-11-18(7-8-19(20)29-15-21(23)25)22(26)24-10-9-17(12-24)14-28-13-16-5-3-2-4-6-16/h2-8,11,17H,9-10,12-15H2,1H3,(H2,23,25). The van der Waals surface area contributed by atoms with Crippen LogP contribution in [0.4, 0.5) is 0 Å². The largest absolute Gasteiger partial charge is 0.493 e. The highest BCUT2D eigenvalue weighted by atomic mass is 16.5.